The van der Waals surface area contributed by atoms with Gasteiger partial charge in [0.2, 0.25) is 0 Å². The Morgan fingerprint density at radius 3 is 3.00 bits per heavy atom. The van der Waals surface area contributed by atoms with E-state index in [9.17, 15) is 4.79 Å². The van der Waals surface area contributed by atoms with E-state index < -0.39 is 5.60 Å². The molecule has 1 atom stereocenters. The van der Waals surface area contributed by atoms with Gasteiger partial charge in [0.25, 0.3) is 0 Å². The maximum absolute atomic E-state index is 12.8. The van der Waals surface area contributed by atoms with Crippen LogP contribution in [-0.4, -0.2) is 36.6 Å². The fourth-order valence-electron chi connectivity index (χ4n) is 4.15. The first-order valence-corrected chi connectivity index (χ1v) is 10.5. The molecule has 0 bridgehead atoms. The van der Waals surface area contributed by atoms with Gasteiger partial charge in [0.15, 0.2) is 10.9 Å². The number of carbonyl (C=O) groups is 1. The Morgan fingerprint density at radius 1 is 1.29 bits per heavy atom. The summed E-state index contributed by atoms with van der Waals surface area (Å²) in [7, 11) is 1.60. The highest BCUT2D eigenvalue weighted by molar-refractivity contribution is 7.22. The lowest BCUT2D eigenvalue weighted by atomic mass is 9.89. The van der Waals surface area contributed by atoms with Crippen LogP contribution in [0.3, 0.4) is 0 Å². The zero-order chi connectivity index (χ0) is 19.3. The predicted octanol–water partition coefficient (Wildman–Crippen LogP) is 4.48. The van der Waals surface area contributed by atoms with Gasteiger partial charge >= 0.3 is 0 Å². The van der Waals surface area contributed by atoms with E-state index in [1.165, 1.54) is 10.3 Å². The molecule has 0 saturated carbocycles. The second-order valence-corrected chi connectivity index (χ2v) is 8.58. The third-order valence-corrected chi connectivity index (χ3v) is 6.81. The van der Waals surface area contributed by atoms with Crippen molar-refractivity contribution in [2.75, 3.05) is 25.1 Å². The van der Waals surface area contributed by atoms with E-state index in [1.54, 1.807) is 24.5 Å². The number of fused-ring (bicyclic) bond motifs is 2. The molecule has 0 N–H and O–H groups in total. The van der Waals surface area contributed by atoms with Crippen molar-refractivity contribution < 1.29 is 14.3 Å². The Labute approximate surface area is 167 Å². The molecular formula is C22H22N2O3S. The Balaban J connectivity index is 1.41. The van der Waals surface area contributed by atoms with Gasteiger partial charge in [-0.3, -0.25) is 4.79 Å². The quantitative estimate of drug-likeness (QED) is 0.655. The zero-order valence-electron chi connectivity index (χ0n) is 16.0. The van der Waals surface area contributed by atoms with Gasteiger partial charge in [-0.1, -0.05) is 24.3 Å². The lowest BCUT2D eigenvalue weighted by Crippen LogP contribution is -2.44. The number of aryl methyl sites for hydroxylation is 1. The Morgan fingerprint density at radius 2 is 2.18 bits per heavy atom. The highest BCUT2D eigenvalue weighted by atomic mass is 32.1. The summed E-state index contributed by atoms with van der Waals surface area (Å²) in [4.78, 5) is 19.9. The van der Waals surface area contributed by atoms with Crippen LogP contribution < -0.4 is 14.4 Å². The molecule has 6 heteroatoms. The highest BCUT2D eigenvalue weighted by Gasteiger charge is 2.46. The van der Waals surface area contributed by atoms with E-state index >= 15 is 0 Å². The lowest BCUT2D eigenvalue weighted by molar-refractivity contribution is 0.0537. The number of methoxy groups -OCH3 is 1. The molecule has 1 saturated heterocycles. The monoisotopic (exact) mass is 394 g/mol. The SMILES string of the molecule is CCc1ccc2nc(N3CCC4(CC(=O)c5cc(OC)ccc5O4)C3)sc2c1. The standard InChI is InChI=1S/C22H22N2O3S/c1-3-14-4-6-17-20(10-14)28-21(23-17)24-9-8-22(13-24)12-18(25)16-11-15(26-2)5-7-19(16)27-22/h4-7,10-11H,3,8-9,12-13H2,1-2H3. The first kappa shape index (κ1) is 17.5. The van der Waals surface area contributed by atoms with E-state index in [-0.39, 0.29) is 5.78 Å². The van der Waals surface area contributed by atoms with Gasteiger partial charge in [-0.2, -0.15) is 0 Å². The molecule has 1 unspecified atom stereocenters. The molecule has 0 radical (unpaired) electrons. The van der Waals surface area contributed by atoms with Crippen molar-refractivity contribution in [3.63, 3.8) is 0 Å². The number of rotatable bonds is 3. The van der Waals surface area contributed by atoms with Crippen LogP contribution in [0.25, 0.3) is 10.2 Å². The number of hydrogen-bond acceptors (Lipinski definition) is 6. The van der Waals surface area contributed by atoms with Crippen LogP contribution in [0.1, 0.15) is 35.7 Å². The number of Topliss-reactive ketones (excluding diaryl/α,β-unsaturated/α-hetero) is 1. The lowest BCUT2D eigenvalue weighted by Gasteiger charge is -2.34. The molecule has 0 amide bonds. The van der Waals surface area contributed by atoms with E-state index in [2.05, 4.69) is 30.0 Å². The van der Waals surface area contributed by atoms with Gasteiger partial charge in [-0.15, -0.1) is 0 Å². The van der Waals surface area contributed by atoms with Crippen LogP contribution in [0.5, 0.6) is 11.5 Å². The summed E-state index contributed by atoms with van der Waals surface area (Å²) in [6.45, 7) is 3.70. The molecule has 28 heavy (non-hydrogen) atoms. The Hall–Kier alpha value is -2.60. The number of thiazole rings is 1. The summed E-state index contributed by atoms with van der Waals surface area (Å²) in [5.74, 6) is 1.47. The molecule has 1 aromatic heterocycles. The number of carbonyl (C=O) groups excluding carboxylic acids is 1. The van der Waals surface area contributed by atoms with Gasteiger partial charge < -0.3 is 14.4 Å². The van der Waals surface area contributed by atoms with Crippen molar-refractivity contribution in [2.24, 2.45) is 0 Å². The summed E-state index contributed by atoms with van der Waals surface area (Å²) in [6.07, 6.45) is 2.24. The topological polar surface area (TPSA) is 51.7 Å². The maximum atomic E-state index is 12.8. The van der Waals surface area contributed by atoms with Gasteiger partial charge in [0.1, 0.15) is 17.1 Å². The van der Waals surface area contributed by atoms with Crippen LogP contribution in [0, 0.1) is 0 Å². The van der Waals surface area contributed by atoms with Crippen LogP contribution >= 0.6 is 11.3 Å². The normalized spacial score (nSPS) is 21.2. The molecule has 2 aliphatic heterocycles. The van der Waals surface area contributed by atoms with Crippen molar-refractivity contribution in [3.8, 4) is 11.5 Å². The van der Waals surface area contributed by atoms with E-state index in [1.807, 2.05) is 12.1 Å². The van der Waals surface area contributed by atoms with Gasteiger partial charge in [0, 0.05) is 13.0 Å². The summed E-state index contributed by atoms with van der Waals surface area (Å²) < 4.78 is 12.8. The Kier molecular flexibility index (Phi) is 4.05. The minimum Gasteiger partial charge on any atom is -0.497 e. The summed E-state index contributed by atoms with van der Waals surface area (Å²) in [5, 5.41) is 1.01. The van der Waals surface area contributed by atoms with Crippen LogP contribution in [-0.2, 0) is 6.42 Å². The number of ketones is 1. The maximum Gasteiger partial charge on any atom is 0.186 e. The highest BCUT2D eigenvalue weighted by Crippen LogP contribution is 2.42. The number of ether oxygens (including phenoxy) is 2. The number of nitrogens with zero attached hydrogens (tertiary/aromatic N) is 2. The number of hydrogen-bond donors (Lipinski definition) is 0. The molecule has 1 fully saturated rings. The van der Waals surface area contributed by atoms with Crippen LogP contribution in [0.15, 0.2) is 36.4 Å². The van der Waals surface area contributed by atoms with E-state index in [4.69, 9.17) is 14.5 Å². The molecule has 5 nitrogen and oxygen atoms in total. The summed E-state index contributed by atoms with van der Waals surface area (Å²) in [6, 6.07) is 11.9. The Bertz CT molecular complexity index is 1080. The summed E-state index contributed by atoms with van der Waals surface area (Å²) in [5.41, 5.74) is 2.52. The first-order valence-electron chi connectivity index (χ1n) is 9.64. The smallest absolute Gasteiger partial charge is 0.186 e. The van der Waals surface area contributed by atoms with Crippen LogP contribution in [0.4, 0.5) is 5.13 Å². The van der Waals surface area contributed by atoms with Gasteiger partial charge in [0.05, 0.1) is 35.9 Å². The van der Waals surface area contributed by atoms with Crippen molar-refractivity contribution in [3.05, 3.63) is 47.5 Å². The second kappa shape index (κ2) is 6.48. The number of aromatic nitrogens is 1. The fraction of sp³-hybridized carbons (Fsp3) is 0.364. The first-order chi connectivity index (χ1) is 13.6. The largest absolute Gasteiger partial charge is 0.497 e. The molecule has 2 aliphatic rings. The second-order valence-electron chi connectivity index (χ2n) is 7.57. The average Bonchev–Trinajstić information content (AvgIpc) is 3.31. The average molecular weight is 394 g/mol. The molecular weight excluding hydrogens is 372 g/mol. The van der Waals surface area contributed by atoms with E-state index in [0.717, 1.165) is 30.0 Å². The van der Waals surface area contributed by atoms with Crippen LogP contribution in [0.2, 0.25) is 0 Å². The molecule has 3 heterocycles. The fourth-order valence-corrected chi connectivity index (χ4v) is 5.20. The van der Waals surface area contributed by atoms with Crippen molar-refractivity contribution in [1.29, 1.82) is 0 Å². The molecule has 2 aromatic carbocycles. The third-order valence-electron chi connectivity index (χ3n) is 5.73. The molecule has 144 valence electrons. The molecule has 3 aromatic rings. The van der Waals surface area contributed by atoms with Crippen molar-refractivity contribution in [1.82, 2.24) is 4.98 Å². The minimum atomic E-state index is -0.467. The summed E-state index contributed by atoms with van der Waals surface area (Å²) >= 11 is 1.72. The zero-order valence-corrected chi connectivity index (χ0v) is 16.8. The van der Waals surface area contributed by atoms with E-state index in [0.29, 0.717) is 30.0 Å². The van der Waals surface area contributed by atoms with Crippen molar-refractivity contribution >= 4 is 32.5 Å². The third kappa shape index (κ3) is 2.83. The number of benzene rings is 2. The molecule has 0 aliphatic carbocycles. The van der Waals surface area contributed by atoms with Gasteiger partial charge in [-0.25, -0.2) is 4.98 Å². The minimum absolute atomic E-state index is 0.124. The predicted molar refractivity (Wildman–Crippen MR) is 111 cm³/mol. The van der Waals surface area contributed by atoms with Crippen molar-refractivity contribution in [2.45, 2.75) is 31.8 Å². The number of anilines is 1. The van der Waals surface area contributed by atoms with Gasteiger partial charge in [-0.05, 0) is 42.3 Å². The molecule has 5 rings (SSSR count). The molecule has 1 spiro atoms.